The SMILES string of the molecule is O=C(NC1CCN(CCCc2ccccc2)CC1)c1ccc2c(Cl)cnc(-c3c(F)cc(F)cc3F)c2c1. The number of carbonyl (C=O) groups excluding carboxylic acids is 1. The van der Waals surface area contributed by atoms with Crippen LogP contribution in [0.15, 0.2) is 66.9 Å². The van der Waals surface area contributed by atoms with Crippen LogP contribution in [-0.2, 0) is 6.42 Å². The smallest absolute Gasteiger partial charge is 0.251 e. The highest BCUT2D eigenvalue weighted by atomic mass is 35.5. The molecule has 2 heterocycles. The zero-order valence-corrected chi connectivity index (χ0v) is 21.4. The van der Waals surface area contributed by atoms with E-state index in [1.807, 2.05) is 6.07 Å². The minimum Gasteiger partial charge on any atom is -0.349 e. The van der Waals surface area contributed by atoms with Crippen LogP contribution in [0, 0.1) is 17.5 Å². The number of rotatable bonds is 7. The number of pyridine rings is 1. The lowest BCUT2D eigenvalue weighted by molar-refractivity contribution is 0.0911. The fraction of sp³-hybridized carbons (Fsp3) is 0.267. The van der Waals surface area contributed by atoms with E-state index in [0.29, 0.717) is 28.5 Å². The van der Waals surface area contributed by atoms with E-state index in [9.17, 15) is 18.0 Å². The monoisotopic (exact) mass is 537 g/mol. The van der Waals surface area contributed by atoms with Gasteiger partial charge in [-0.3, -0.25) is 9.78 Å². The summed E-state index contributed by atoms with van der Waals surface area (Å²) in [6.45, 7) is 2.84. The molecule has 8 heteroatoms. The van der Waals surface area contributed by atoms with Crippen LogP contribution in [0.1, 0.15) is 35.2 Å². The number of halogens is 4. The van der Waals surface area contributed by atoms with Crippen LogP contribution < -0.4 is 5.32 Å². The second-order valence-corrected chi connectivity index (χ2v) is 10.0. The molecule has 0 aliphatic carbocycles. The van der Waals surface area contributed by atoms with Crippen molar-refractivity contribution in [1.82, 2.24) is 15.2 Å². The number of carbonyl (C=O) groups is 1. The molecule has 1 saturated heterocycles. The molecule has 4 nitrogen and oxygen atoms in total. The van der Waals surface area contributed by atoms with E-state index >= 15 is 0 Å². The number of aryl methyl sites for hydroxylation is 1. The summed E-state index contributed by atoms with van der Waals surface area (Å²) in [5.41, 5.74) is 1.16. The lowest BCUT2D eigenvalue weighted by atomic mass is 9.99. The molecular formula is C30H27ClF3N3O. The van der Waals surface area contributed by atoms with Crippen molar-refractivity contribution in [3.63, 3.8) is 0 Å². The van der Waals surface area contributed by atoms with Crippen LogP contribution in [0.25, 0.3) is 22.0 Å². The van der Waals surface area contributed by atoms with Crippen LogP contribution in [0.5, 0.6) is 0 Å². The standard InChI is InChI=1S/C30H27ClF3N3O/c31-25-18-35-29(28-26(33)16-21(32)17-27(28)34)24-15-20(8-9-23(24)25)30(38)36-22-10-13-37(14-11-22)12-4-7-19-5-2-1-3-6-19/h1-3,5-6,8-9,15-18,22H,4,7,10-14H2,(H,36,38). The molecule has 3 aromatic carbocycles. The minimum absolute atomic E-state index is 0.0347. The Hall–Kier alpha value is -3.42. The first-order chi connectivity index (χ1) is 18.4. The summed E-state index contributed by atoms with van der Waals surface area (Å²) in [6.07, 6.45) is 5.11. The first-order valence-electron chi connectivity index (χ1n) is 12.7. The molecule has 1 aliphatic heterocycles. The second-order valence-electron chi connectivity index (χ2n) is 9.64. The van der Waals surface area contributed by atoms with E-state index in [0.717, 1.165) is 45.3 Å². The number of hydrogen-bond acceptors (Lipinski definition) is 3. The van der Waals surface area contributed by atoms with Gasteiger partial charge in [0.1, 0.15) is 17.5 Å². The zero-order valence-electron chi connectivity index (χ0n) is 20.7. The third kappa shape index (κ3) is 5.84. The van der Waals surface area contributed by atoms with Crippen molar-refractivity contribution in [1.29, 1.82) is 0 Å². The van der Waals surface area contributed by atoms with Crippen molar-refractivity contribution in [3.8, 4) is 11.3 Å². The number of piperidine rings is 1. The van der Waals surface area contributed by atoms with Crippen molar-refractivity contribution in [2.24, 2.45) is 0 Å². The van der Waals surface area contributed by atoms with E-state index in [2.05, 4.69) is 39.5 Å². The normalized spacial score (nSPS) is 14.6. The van der Waals surface area contributed by atoms with Crippen LogP contribution >= 0.6 is 11.6 Å². The molecule has 0 spiro atoms. The molecule has 1 aliphatic rings. The van der Waals surface area contributed by atoms with Gasteiger partial charge in [0.25, 0.3) is 5.91 Å². The molecule has 1 N–H and O–H groups in total. The molecule has 1 amide bonds. The molecule has 1 aromatic heterocycles. The molecule has 0 atom stereocenters. The number of likely N-dealkylation sites (tertiary alicyclic amines) is 1. The van der Waals surface area contributed by atoms with Gasteiger partial charge in [-0.1, -0.05) is 48.0 Å². The average Bonchev–Trinajstić information content (AvgIpc) is 2.91. The molecule has 4 aromatic rings. The van der Waals surface area contributed by atoms with Gasteiger partial charge < -0.3 is 10.2 Å². The Kier molecular flexibility index (Phi) is 7.95. The predicted molar refractivity (Wildman–Crippen MR) is 144 cm³/mol. The third-order valence-electron chi connectivity index (χ3n) is 7.05. The zero-order chi connectivity index (χ0) is 26.6. The summed E-state index contributed by atoms with van der Waals surface area (Å²) in [6, 6.07) is 16.5. The van der Waals surface area contributed by atoms with Crippen LogP contribution in [0.3, 0.4) is 0 Å². The molecule has 196 valence electrons. The summed E-state index contributed by atoms with van der Waals surface area (Å²) in [4.78, 5) is 19.7. The number of nitrogens with zero attached hydrogens (tertiary/aromatic N) is 2. The quantitative estimate of drug-likeness (QED) is 0.282. The Bertz CT molecular complexity index is 1430. The van der Waals surface area contributed by atoms with Crippen molar-refractivity contribution in [3.05, 3.63) is 100 Å². The molecule has 0 radical (unpaired) electrons. The van der Waals surface area contributed by atoms with Gasteiger partial charge in [-0.25, -0.2) is 13.2 Å². The Labute approximate surface area is 224 Å². The second kappa shape index (κ2) is 11.5. The largest absolute Gasteiger partial charge is 0.349 e. The van der Waals surface area contributed by atoms with Gasteiger partial charge in [0.2, 0.25) is 0 Å². The summed E-state index contributed by atoms with van der Waals surface area (Å²) in [7, 11) is 0. The number of benzene rings is 3. The molecule has 0 saturated carbocycles. The number of amides is 1. The Morgan fingerprint density at radius 1 is 0.974 bits per heavy atom. The van der Waals surface area contributed by atoms with E-state index in [4.69, 9.17) is 11.6 Å². The van der Waals surface area contributed by atoms with Crippen molar-refractivity contribution in [2.45, 2.75) is 31.7 Å². The summed E-state index contributed by atoms with van der Waals surface area (Å²) < 4.78 is 42.6. The topological polar surface area (TPSA) is 45.2 Å². The van der Waals surface area contributed by atoms with E-state index in [1.165, 1.54) is 17.8 Å². The summed E-state index contributed by atoms with van der Waals surface area (Å²) in [5.74, 6) is -3.46. The number of hydrogen-bond donors (Lipinski definition) is 1. The number of nitrogens with one attached hydrogen (secondary N) is 1. The average molecular weight is 538 g/mol. The number of aromatic nitrogens is 1. The van der Waals surface area contributed by atoms with Crippen molar-refractivity contribution >= 4 is 28.3 Å². The van der Waals surface area contributed by atoms with Gasteiger partial charge in [0.15, 0.2) is 0 Å². The minimum atomic E-state index is -1.08. The molecule has 0 bridgehead atoms. The molecular weight excluding hydrogens is 511 g/mol. The Balaban J connectivity index is 1.26. The van der Waals surface area contributed by atoms with Gasteiger partial charge in [0.05, 0.1) is 16.3 Å². The van der Waals surface area contributed by atoms with E-state index < -0.39 is 23.0 Å². The number of fused-ring (bicyclic) bond motifs is 1. The fourth-order valence-corrected chi connectivity index (χ4v) is 5.25. The first-order valence-corrected chi connectivity index (χ1v) is 13.1. The highest BCUT2D eigenvalue weighted by Crippen LogP contribution is 2.35. The Morgan fingerprint density at radius 3 is 2.39 bits per heavy atom. The maximum atomic E-state index is 14.6. The molecule has 5 rings (SSSR count). The van der Waals surface area contributed by atoms with Gasteiger partial charge in [-0.05, 0) is 49.9 Å². The Morgan fingerprint density at radius 2 is 1.68 bits per heavy atom. The van der Waals surface area contributed by atoms with Crippen LogP contribution in [-0.4, -0.2) is 41.5 Å². The van der Waals surface area contributed by atoms with E-state index in [-0.39, 0.29) is 22.7 Å². The van der Waals surface area contributed by atoms with Gasteiger partial charge >= 0.3 is 0 Å². The molecule has 1 fully saturated rings. The van der Waals surface area contributed by atoms with E-state index in [1.54, 1.807) is 12.1 Å². The summed E-state index contributed by atoms with van der Waals surface area (Å²) >= 11 is 6.28. The predicted octanol–water partition coefficient (Wildman–Crippen LogP) is 6.80. The van der Waals surface area contributed by atoms with Crippen LogP contribution in [0.2, 0.25) is 5.02 Å². The van der Waals surface area contributed by atoms with Crippen LogP contribution in [0.4, 0.5) is 13.2 Å². The van der Waals surface area contributed by atoms with Gasteiger partial charge in [-0.2, -0.15) is 0 Å². The molecule has 38 heavy (non-hydrogen) atoms. The fourth-order valence-electron chi connectivity index (χ4n) is 5.04. The third-order valence-corrected chi connectivity index (χ3v) is 7.35. The lowest BCUT2D eigenvalue weighted by Gasteiger charge is -2.32. The highest BCUT2D eigenvalue weighted by Gasteiger charge is 2.23. The van der Waals surface area contributed by atoms with Gasteiger partial charge in [0, 0.05) is 53.8 Å². The maximum Gasteiger partial charge on any atom is 0.251 e. The van der Waals surface area contributed by atoms with Crippen molar-refractivity contribution < 1.29 is 18.0 Å². The summed E-state index contributed by atoms with van der Waals surface area (Å²) in [5, 5.41) is 4.16. The lowest BCUT2D eigenvalue weighted by Crippen LogP contribution is -2.44. The van der Waals surface area contributed by atoms with Gasteiger partial charge in [-0.15, -0.1) is 0 Å². The first kappa shape index (κ1) is 26.2. The van der Waals surface area contributed by atoms with Crippen molar-refractivity contribution in [2.75, 3.05) is 19.6 Å². The maximum absolute atomic E-state index is 14.6. The highest BCUT2D eigenvalue weighted by molar-refractivity contribution is 6.35. The molecule has 0 unspecified atom stereocenters.